The summed E-state index contributed by atoms with van der Waals surface area (Å²) >= 11 is 1.34. The minimum absolute atomic E-state index is 0.0327. The van der Waals surface area contributed by atoms with E-state index in [1.54, 1.807) is 6.07 Å². The molecule has 0 radical (unpaired) electrons. The van der Waals surface area contributed by atoms with Gasteiger partial charge in [0, 0.05) is 17.5 Å². The SMILES string of the molecule is CCc1ccc(S(=O)(=O)NCC2NCCc3ccccc32)s1. The monoisotopic (exact) mass is 336 g/mol. The van der Waals surface area contributed by atoms with Crippen molar-refractivity contribution in [1.82, 2.24) is 10.0 Å². The van der Waals surface area contributed by atoms with E-state index in [1.165, 1.54) is 22.5 Å². The highest BCUT2D eigenvalue weighted by Crippen LogP contribution is 2.24. The van der Waals surface area contributed by atoms with Gasteiger partial charge in [0.15, 0.2) is 0 Å². The van der Waals surface area contributed by atoms with E-state index in [4.69, 9.17) is 0 Å². The molecular weight excluding hydrogens is 316 g/mol. The van der Waals surface area contributed by atoms with Crippen LogP contribution in [0, 0.1) is 0 Å². The summed E-state index contributed by atoms with van der Waals surface area (Å²) in [6.07, 6.45) is 1.85. The molecule has 0 amide bonds. The molecule has 1 aliphatic heterocycles. The van der Waals surface area contributed by atoms with Crippen LogP contribution in [0.2, 0.25) is 0 Å². The van der Waals surface area contributed by atoms with E-state index >= 15 is 0 Å². The quantitative estimate of drug-likeness (QED) is 0.882. The van der Waals surface area contributed by atoms with E-state index in [9.17, 15) is 8.42 Å². The highest BCUT2D eigenvalue weighted by Gasteiger charge is 2.22. The molecule has 0 saturated heterocycles. The Morgan fingerprint density at radius 3 is 2.86 bits per heavy atom. The number of sulfonamides is 1. The van der Waals surface area contributed by atoms with Gasteiger partial charge in [0.05, 0.1) is 0 Å². The Balaban J connectivity index is 1.73. The standard InChI is InChI=1S/C16H20N2O2S2/c1-2-13-7-8-16(21-13)22(19,20)18-11-15-14-6-4-3-5-12(14)9-10-17-15/h3-8,15,17-18H,2,9-11H2,1H3. The summed E-state index contributed by atoms with van der Waals surface area (Å²) in [7, 11) is -3.42. The summed E-state index contributed by atoms with van der Waals surface area (Å²) in [5.41, 5.74) is 2.49. The third kappa shape index (κ3) is 3.25. The van der Waals surface area contributed by atoms with Crippen LogP contribution in [0.3, 0.4) is 0 Å². The highest BCUT2D eigenvalue weighted by atomic mass is 32.2. The lowest BCUT2D eigenvalue weighted by Crippen LogP contribution is -2.38. The molecule has 0 bridgehead atoms. The average Bonchev–Trinajstić information content (AvgIpc) is 3.03. The number of benzene rings is 1. The fraction of sp³-hybridized carbons (Fsp3) is 0.375. The first-order valence-corrected chi connectivity index (χ1v) is 9.79. The van der Waals surface area contributed by atoms with E-state index in [2.05, 4.69) is 22.2 Å². The molecule has 2 heterocycles. The first-order valence-electron chi connectivity index (χ1n) is 7.49. The van der Waals surface area contributed by atoms with Gasteiger partial charge in [0.1, 0.15) is 4.21 Å². The van der Waals surface area contributed by atoms with Gasteiger partial charge in [-0.2, -0.15) is 0 Å². The largest absolute Gasteiger partial charge is 0.308 e. The van der Waals surface area contributed by atoms with Crippen LogP contribution >= 0.6 is 11.3 Å². The maximum Gasteiger partial charge on any atom is 0.250 e. The van der Waals surface area contributed by atoms with Gasteiger partial charge in [-0.25, -0.2) is 13.1 Å². The molecule has 1 atom stereocenters. The molecule has 0 fully saturated rings. The minimum atomic E-state index is -3.42. The lowest BCUT2D eigenvalue weighted by molar-refractivity contribution is 0.492. The second-order valence-corrected chi connectivity index (χ2v) is 8.54. The topological polar surface area (TPSA) is 58.2 Å². The van der Waals surface area contributed by atoms with Crippen molar-refractivity contribution in [3.63, 3.8) is 0 Å². The molecule has 0 saturated carbocycles. The Morgan fingerprint density at radius 1 is 1.27 bits per heavy atom. The number of aryl methyl sites for hydroxylation is 1. The molecule has 118 valence electrons. The predicted molar refractivity (Wildman–Crippen MR) is 89.8 cm³/mol. The molecule has 2 N–H and O–H groups in total. The Hall–Kier alpha value is -1.21. The van der Waals surface area contributed by atoms with Crippen molar-refractivity contribution in [2.24, 2.45) is 0 Å². The normalized spacial score (nSPS) is 18.1. The number of rotatable bonds is 5. The number of thiophene rings is 1. The second-order valence-electron chi connectivity index (χ2n) is 5.38. The van der Waals surface area contributed by atoms with Crippen LogP contribution in [-0.2, 0) is 22.9 Å². The summed E-state index contributed by atoms with van der Waals surface area (Å²) in [5, 5.41) is 3.39. The van der Waals surface area contributed by atoms with Crippen molar-refractivity contribution >= 4 is 21.4 Å². The van der Waals surface area contributed by atoms with E-state index in [-0.39, 0.29) is 6.04 Å². The highest BCUT2D eigenvalue weighted by molar-refractivity contribution is 7.91. The first-order chi connectivity index (χ1) is 10.6. The summed E-state index contributed by atoms with van der Waals surface area (Å²) in [6, 6.07) is 11.8. The summed E-state index contributed by atoms with van der Waals surface area (Å²) in [4.78, 5) is 1.08. The van der Waals surface area contributed by atoms with Crippen LogP contribution in [0.15, 0.2) is 40.6 Å². The van der Waals surface area contributed by atoms with Crippen molar-refractivity contribution in [2.45, 2.75) is 30.0 Å². The minimum Gasteiger partial charge on any atom is -0.308 e. The molecule has 3 rings (SSSR count). The second kappa shape index (κ2) is 6.50. The summed E-state index contributed by atoms with van der Waals surface area (Å²) < 4.78 is 27.9. The predicted octanol–water partition coefficient (Wildman–Crippen LogP) is 2.48. The van der Waals surface area contributed by atoms with Gasteiger partial charge in [-0.3, -0.25) is 0 Å². The van der Waals surface area contributed by atoms with Gasteiger partial charge in [-0.05, 0) is 42.6 Å². The van der Waals surface area contributed by atoms with Crippen LogP contribution in [-0.4, -0.2) is 21.5 Å². The fourth-order valence-corrected chi connectivity index (χ4v) is 5.12. The van der Waals surface area contributed by atoms with E-state index in [1.807, 2.05) is 25.1 Å². The number of fused-ring (bicyclic) bond motifs is 1. The molecule has 6 heteroatoms. The van der Waals surface area contributed by atoms with Crippen LogP contribution in [0.4, 0.5) is 0 Å². The van der Waals surface area contributed by atoms with Crippen molar-refractivity contribution in [3.8, 4) is 0 Å². The smallest absolute Gasteiger partial charge is 0.250 e. The van der Waals surface area contributed by atoms with Crippen LogP contribution < -0.4 is 10.0 Å². The van der Waals surface area contributed by atoms with Gasteiger partial charge in [-0.15, -0.1) is 11.3 Å². The Bertz CT molecular complexity index is 753. The van der Waals surface area contributed by atoms with Crippen LogP contribution in [0.5, 0.6) is 0 Å². The molecule has 4 nitrogen and oxygen atoms in total. The van der Waals surface area contributed by atoms with Gasteiger partial charge in [0.2, 0.25) is 10.0 Å². The van der Waals surface area contributed by atoms with Gasteiger partial charge >= 0.3 is 0 Å². The molecule has 1 aromatic heterocycles. The van der Waals surface area contributed by atoms with E-state index in [0.29, 0.717) is 10.8 Å². The van der Waals surface area contributed by atoms with Crippen LogP contribution in [0.1, 0.15) is 29.0 Å². The molecule has 0 aliphatic carbocycles. The molecule has 0 spiro atoms. The van der Waals surface area contributed by atoms with E-state index in [0.717, 1.165) is 24.3 Å². The molecule has 22 heavy (non-hydrogen) atoms. The van der Waals surface area contributed by atoms with E-state index < -0.39 is 10.0 Å². The van der Waals surface area contributed by atoms with Crippen molar-refractivity contribution in [3.05, 3.63) is 52.4 Å². The maximum absolute atomic E-state index is 12.4. The van der Waals surface area contributed by atoms with Gasteiger partial charge in [-0.1, -0.05) is 31.2 Å². The van der Waals surface area contributed by atoms with Crippen molar-refractivity contribution in [1.29, 1.82) is 0 Å². The Labute approximate surface area is 135 Å². The summed E-state index contributed by atoms with van der Waals surface area (Å²) in [5.74, 6) is 0. The molecule has 2 aromatic rings. The van der Waals surface area contributed by atoms with Crippen molar-refractivity contribution in [2.75, 3.05) is 13.1 Å². The third-order valence-electron chi connectivity index (χ3n) is 3.94. The number of hydrogen-bond acceptors (Lipinski definition) is 4. The zero-order valence-electron chi connectivity index (χ0n) is 12.5. The van der Waals surface area contributed by atoms with Crippen molar-refractivity contribution < 1.29 is 8.42 Å². The fourth-order valence-electron chi connectivity index (χ4n) is 2.73. The third-order valence-corrected chi connectivity index (χ3v) is 7.09. The van der Waals surface area contributed by atoms with Gasteiger partial charge in [0.25, 0.3) is 0 Å². The zero-order valence-corrected chi connectivity index (χ0v) is 14.1. The zero-order chi connectivity index (χ0) is 15.6. The van der Waals surface area contributed by atoms with Gasteiger partial charge < -0.3 is 5.32 Å². The lowest BCUT2D eigenvalue weighted by atomic mass is 9.95. The maximum atomic E-state index is 12.4. The molecule has 1 aromatic carbocycles. The molecule has 1 aliphatic rings. The number of hydrogen-bond donors (Lipinski definition) is 2. The number of nitrogens with one attached hydrogen (secondary N) is 2. The first kappa shape index (κ1) is 15.7. The van der Waals surface area contributed by atoms with Crippen LogP contribution in [0.25, 0.3) is 0 Å². The summed E-state index contributed by atoms with van der Waals surface area (Å²) in [6.45, 7) is 3.28. The Morgan fingerprint density at radius 2 is 2.09 bits per heavy atom. The molecule has 1 unspecified atom stereocenters. The molecular formula is C16H20N2O2S2. The average molecular weight is 336 g/mol. The lowest BCUT2D eigenvalue weighted by Gasteiger charge is -2.27. The Kier molecular flexibility index (Phi) is 4.63.